The third-order valence-corrected chi connectivity index (χ3v) is 3.39. The van der Waals surface area contributed by atoms with Gasteiger partial charge in [-0.15, -0.1) is 0 Å². The SMILES string of the molecule is Cc1cc(NC(=O)C2COC(C)C2)ccc1C#CCN. The Morgan fingerprint density at radius 2 is 2.35 bits per heavy atom. The lowest BCUT2D eigenvalue weighted by Crippen LogP contribution is -2.23. The van der Waals surface area contributed by atoms with Gasteiger partial charge in [0.25, 0.3) is 0 Å². The van der Waals surface area contributed by atoms with Crippen molar-refractivity contribution in [2.24, 2.45) is 11.7 Å². The zero-order valence-corrected chi connectivity index (χ0v) is 11.9. The summed E-state index contributed by atoms with van der Waals surface area (Å²) in [7, 11) is 0. The van der Waals surface area contributed by atoms with Crippen molar-refractivity contribution >= 4 is 11.6 Å². The van der Waals surface area contributed by atoms with Crippen molar-refractivity contribution in [3.05, 3.63) is 29.3 Å². The number of nitrogens with one attached hydrogen (secondary N) is 1. The highest BCUT2D eigenvalue weighted by atomic mass is 16.5. The van der Waals surface area contributed by atoms with Crippen LogP contribution in [0.25, 0.3) is 0 Å². The third-order valence-electron chi connectivity index (χ3n) is 3.39. The van der Waals surface area contributed by atoms with Crippen LogP contribution in [0.3, 0.4) is 0 Å². The molecule has 0 spiro atoms. The fourth-order valence-corrected chi connectivity index (χ4v) is 2.27. The number of hydrogen-bond donors (Lipinski definition) is 2. The first-order chi connectivity index (χ1) is 9.60. The first kappa shape index (κ1) is 14.6. The monoisotopic (exact) mass is 272 g/mol. The molecular formula is C16H20N2O2. The van der Waals surface area contributed by atoms with Gasteiger partial charge in [0, 0.05) is 11.3 Å². The summed E-state index contributed by atoms with van der Waals surface area (Å²) in [6.07, 6.45) is 0.951. The van der Waals surface area contributed by atoms with Crippen LogP contribution in [-0.2, 0) is 9.53 Å². The second kappa shape index (κ2) is 6.56. The fraction of sp³-hybridized carbons (Fsp3) is 0.438. The van der Waals surface area contributed by atoms with Crippen LogP contribution in [-0.4, -0.2) is 25.2 Å². The molecule has 0 aliphatic carbocycles. The summed E-state index contributed by atoms with van der Waals surface area (Å²) in [5.41, 5.74) is 8.12. The molecule has 1 amide bonds. The van der Waals surface area contributed by atoms with E-state index in [9.17, 15) is 4.79 Å². The summed E-state index contributed by atoms with van der Waals surface area (Å²) >= 11 is 0. The van der Waals surface area contributed by atoms with E-state index in [2.05, 4.69) is 17.2 Å². The average molecular weight is 272 g/mol. The maximum absolute atomic E-state index is 12.1. The molecule has 0 bridgehead atoms. The normalized spacial score (nSPS) is 21.1. The number of nitrogens with two attached hydrogens (primary N) is 1. The van der Waals surface area contributed by atoms with Crippen molar-refractivity contribution < 1.29 is 9.53 Å². The van der Waals surface area contributed by atoms with Gasteiger partial charge in [0.05, 0.1) is 25.2 Å². The molecule has 106 valence electrons. The number of hydrogen-bond acceptors (Lipinski definition) is 3. The van der Waals surface area contributed by atoms with E-state index in [1.54, 1.807) is 0 Å². The second-order valence-electron chi connectivity index (χ2n) is 5.10. The Morgan fingerprint density at radius 1 is 1.55 bits per heavy atom. The van der Waals surface area contributed by atoms with E-state index in [1.165, 1.54) is 0 Å². The van der Waals surface area contributed by atoms with Crippen molar-refractivity contribution in [3.63, 3.8) is 0 Å². The summed E-state index contributed by atoms with van der Waals surface area (Å²) in [4.78, 5) is 12.1. The molecule has 1 fully saturated rings. The number of aryl methyl sites for hydroxylation is 1. The van der Waals surface area contributed by atoms with E-state index in [0.717, 1.165) is 23.2 Å². The van der Waals surface area contributed by atoms with Crippen molar-refractivity contribution in [3.8, 4) is 11.8 Å². The molecule has 2 atom stereocenters. The molecule has 1 heterocycles. The van der Waals surface area contributed by atoms with E-state index in [1.807, 2.05) is 32.0 Å². The molecule has 20 heavy (non-hydrogen) atoms. The predicted molar refractivity (Wildman–Crippen MR) is 79.3 cm³/mol. The summed E-state index contributed by atoms with van der Waals surface area (Å²) < 4.78 is 5.42. The van der Waals surface area contributed by atoms with Crippen LogP contribution in [0.5, 0.6) is 0 Å². The lowest BCUT2D eigenvalue weighted by Gasteiger charge is -2.10. The van der Waals surface area contributed by atoms with Gasteiger partial charge in [-0.25, -0.2) is 0 Å². The highest BCUT2D eigenvalue weighted by molar-refractivity contribution is 5.93. The van der Waals surface area contributed by atoms with E-state index in [0.29, 0.717) is 13.2 Å². The average Bonchev–Trinajstić information content (AvgIpc) is 2.85. The number of benzene rings is 1. The van der Waals surface area contributed by atoms with Gasteiger partial charge in [0.1, 0.15) is 0 Å². The number of amides is 1. The molecule has 4 nitrogen and oxygen atoms in total. The highest BCUT2D eigenvalue weighted by Gasteiger charge is 2.28. The van der Waals surface area contributed by atoms with Gasteiger partial charge in [0.15, 0.2) is 0 Å². The Bertz CT molecular complexity index is 557. The molecule has 1 aliphatic heterocycles. The van der Waals surface area contributed by atoms with Gasteiger partial charge in [-0.3, -0.25) is 4.79 Å². The second-order valence-corrected chi connectivity index (χ2v) is 5.10. The lowest BCUT2D eigenvalue weighted by atomic mass is 10.0. The minimum Gasteiger partial charge on any atom is -0.378 e. The number of rotatable bonds is 2. The minimum absolute atomic E-state index is 0.0227. The molecule has 3 N–H and O–H groups in total. The zero-order valence-electron chi connectivity index (χ0n) is 11.9. The molecule has 2 unspecified atom stereocenters. The van der Waals surface area contributed by atoms with Crippen molar-refractivity contribution in [2.45, 2.75) is 26.4 Å². The van der Waals surface area contributed by atoms with Gasteiger partial charge in [-0.2, -0.15) is 0 Å². The van der Waals surface area contributed by atoms with Gasteiger partial charge >= 0.3 is 0 Å². The Labute approximate surface area is 119 Å². The van der Waals surface area contributed by atoms with E-state index >= 15 is 0 Å². The first-order valence-electron chi connectivity index (χ1n) is 6.82. The van der Waals surface area contributed by atoms with E-state index in [-0.39, 0.29) is 17.9 Å². The summed E-state index contributed by atoms with van der Waals surface area (Å²) in [6, 6.07) is 5.70. The van der Waals surface area contributed by atoms with E-state index in [4.69, 9.17) is 10.5 Å². The standard InChI is InChI=1S/C16H20N2O2/c1-11-8-15(6-5-13(11)4-3-7-17)18-16(19)14-9-12(2)20-10-14/h5-6,8,12,14H,7,9-10,17H2,1-2H3,(H,18,19). The molecule has 1 saturated heterocycles. The van der Waals surface area contributed by atoms with Crippen LogP contribution in [0, 0.1) is 24.7 Å². The molecule has 2 rings (SSSR count). The quantitative estimate of drug-likeness (QED) is 0.805. The molecule has 0 aromatic heterocycles. The number of anilines is 1. The Hall–Kier alpha value is -1.83. The minimum atomic E-state index is -0.0537. The smallest absolute Gasteiger partial charge is 0.229 e. The molecule has 1 aliphatic rings. The Kier molecular flexibility index (Phi) is 4.78. The van der Waals surface area contributed by atoms with Crippen LogP contribution >= 0.6 is 0 Å². The molecule has 0 saturated carbocycles. The number of ether oxygens (including phenoxy) is 1. The maximum atomic E-state index is 12.1. The zero-order chi connectivity index (χ0) is 14.5. The topological polar surface area (TPSA) is 64.3 Å². The number of carbonyl (C=O) groups is 1. The Morgan fingerprint density at radius 3 is 2.95 bits per heavy atom. The third kappa shape index (κ3) is 3.60. The highest BCUT2D eigenvalue weighted by Crippen LogP contribution is 2.21. The number of carbonyl (C=O) groups excluding carboxylic acids is 1. The lowest BCUT2D eigenvalue weighted by molar-refractivity contribution is -0.119. The summed E-state index contributed by atoms with van der Waals surface area (Å²) in [6.45, 7) is 4.81. The van der Waals surface area contributed by atoms with E-state index < -0.39 is 0 Å². The predicted octanol–water partition coefficient (Wildman–Crippen LogP) is 1.67. The van der Waals surface area contributed by atoms with Crippen LogP contribution in [0.15, 0.2) is 18.2 Å². The van der Waals surface area contributed by atoms with Crippen molar-refractivity contribution in [1.82, 2.24) is 0 Å². The summed E-state index contributed by atoms with van der Waals surface area (Å²) in [5, 5.41) is 2.94. The molecule has 1 aromatic carbocycles. The van der Waals surface area contributed by atoms with Crippen molar-refractivity contribution in [2.75, 3.05) is 18.5 Å². The van der Waals surface area contributed by atoms with Crippen molar-refractivity contribution in [1.29, 1.82) is 0 Å². The van der Waals surface area contributed by atoms with Gasteiger partial charge in [-0.1, -0.05) is 11.8 Å². The largest absolute Gasteiger partial charge is 0.378 e. The Balaban J connectivity index is 2.03. The molecule has 4 heteroatoms. The van der Waals surface area contributed by atoms with Crippen LogP contribution in [0.4, 0.5) is 5.69 Å². The fourth-order valence-electron chi connectivity index (χ4n) is 2.27. The molecule has 0 radical (unpaired) electrons. The van der Waals surface area contributed by atoms with Gasteiger partial charge in [-0.05, 0) is 44.0 Å². The van der Waals surface area contributed by atoms with Crippen LogP contribution < -0.4 is 11.1 Å². The molecule has 1 aromatic rings. The summed E-state index contributed by atoms with van der Waals surface area (Å²) in [5.74, 6) is 5.80. The molecular weight excluding hydrogens is 252 g/mol. The van der Waals surface area contributed by atoms with Crippen LogP contribution in [0.1, 0.15) is 24.5 Å². The first-order valence-corrected chi connectivity index (χ1v) is 6.82. The van der Waals surface area contributed by atoms with Crippen LogP contribution in [0.2, 0.25) is 0 Å². The maximum Gasteiger partial charge on any atom is 0.229 e. The van der Waals surface area contributed by atoms with Gasteiger partial charge in [0.2, 0.25) is 5.91 Å². The van der Waals surface area contributed by atoms with Gasteiger partial charge < -0.3 is 15.8 Å².